The summed E-state index contributed by atoms with van der Waals surface area (Å²) in [5.74, 6) is 1.28. The molecule has 0 fully saturated rings. The van der Waals surface area contributed by atoms with Gasteiger partial charge in [-0.1, -0.05) is 0 Å². The van der Waals surface area contributed by atoms with Gasteiger partial charge in [0.05, 0.1) is 0 Å². The van der Waals surface area contributed by atoms with E-state index in [-0.39, 0.29) is 18.9 Å². The predicted molar refractivity (Wildman–Crippen MR) is 41.4 cm³/mol. The maximum Gasteiger partial charge on any atom is 0.246 e. The highest BCUT2D eigenvalue weighted by molar-refractivity contribution is 5.77. The molecule has 3 N–H and O–H groups in total. The highest BCUT2D eigenvalue weighted by Gasteiger charge is 1.99. The highest BCUT2D eigenvalue weighted by Crippen LogP contribution is 1.84. The minimum atomic E-state index is -0.646. The molecule has 0 aromatic heterocycles. The first-order valence-corrected chi connectivity index (χ1v) is 3.29. The average molecular weight is 170 g/mol. The molecular weight excluding hydrogens is 160 g/mol. The number of nitrogens with two attached hydrogens (primary N) is 1. The molecule has 0 saturated heterocycles. The number of terminal acetylenes is 1. The number of carbonyl (C=O) groups excluding carboxylic acids is 2. The van der Waals surface area contributed by atoms with Gasteiger partial charge in [0.2, 0.25) is 11.8 Å². The Bertz CT molecular complexity index is 207. The van der Waals surface area contributed by atoms with Crippen molar-refractivity contribution in [3.05, 3.63) is 0 Å². The van der Waals surface area contributed by atoms with Crippen LogP contribution in [0, 0.1) is 12.3 Å². The van der Waals surface area contributed by atoms with Gasteiger partial charge in [0.25, 0.3) is 0 Å². The molecule has 0 aliphatic heterocycles. The molecule has 0 spiro atoms. The lowest BCUT2D eigenvalue weighted by Gasteiger charge is -2.01. The number of hydrogen-bond donors (Lipinski definition) is 2. The first kappa shape index (κ1) is 10.5. The minimum absolute atomic E-state index is 0.176. The molecule has 66 valence electrons. The Labute approximate surface area is 70.2 Å². The molecule has 5 nitrogen and oxygen atoms in total. The number of primary amides is 1. The number of amides is 2. The Balaban J connectivity index is 3.33. The summed E-state index contributed by atoms with van der Waals surface area (Å²) in [6, 6.07) is 0. The van der Waals surface area contributed by atoms with Crippen molar-refractivity contribution in [3.8, 4) is 12.3 Å². The highest BCUT2D eigenvalue weighted by atomic mass is 16.7. The molecule has 0 aromatic carbocycles. The van der Waals surface area contributed by atoms with Crippen molar-refractivity contribution in [2.75, 3.05) is 6.61 Å². The van der Waals surface area contributed by atoms with E-state index in [2.05, 4.69) is 10.8 Å². The Morgan fingerprint density at radius 3 is 2.75 bits per heavy atom. The molecule has 12 heavy (non-hydrogen) atoms. The second-order valence-corrected chi connectivity index (χ2v) is 1.98. The van der Waals surface area contributed by atoms with Gasteiger partial charge in [-0.05, 0) is 0 Å². The monoisotopic (exact) mass is 170 g/mol. The van der Waals surface area contributed by atoms with Gasteiger partial charge < -0.3 is 5.73 Å². The molecule has 0 unspecified atom stereocenters. The topological polar surface area (TPSA) is 81.4 Å². The Morgan fingerprint density at radius 1 is 1.58 bits per heavy atom. The van der Waals surface area contributed by atoms with Crippen LogP contribution in [0.2, 0.25) is 0 Å². The minimum Gasteiger partial charge on any atom is -0.368 e. The lowest BCUT2D eigenvalue weighted by molar-refractivity contribution is -0.137. The fourth-order valence-electron chi connectivity index (χ4n) is 0.424. The van der Waals surface area contributed by atoms with E-state index in [0.717, 1.165) is 0 Å². The van der Waals surface area contributed by atoms with Crippen LogP contribution in [0.25, 0.3) is 0 Å². The Hall–Kier alpha value is -1.54. The van der Waals surface area contributed by atoms with Crippen LogP contribution in [-0.4, -0.2) is 18.4 Å². The summed E-state index contributed by atoms with van der Waals surface area (Å²) in [5, 5.41) is 0. The summed E-state index contributed by atoms with van der Waals surface area (Å²) >= 11 is 0. The van der Waals surface area contributed by atoms with Gasteiger partial charge in [0.15, 0.2) is 6.61 Å². The molecule has 5 heteroatoms. The molecule has 0 bridgehead atoms. The van der Waals surface area contributed by atoms with Gasteiger partial charge in [-0.2, -0.15) is 0 Å². The lowest BCUT2D eigenvalue weighted by Crippen LogP contribution is -2.29. The van der Waals surface area contributed by atoms with Gasteiger partial charge >= 0.3 is 0 Å². The number of hydrogen-bond acceptors (Lipinski definition) is 3. The van der Waals surface area contributed by atoms with Gasteiger partial charge in [0, 0.05) is 12.8 Å². The summed E-state index contributed by atoms with van der Waals surface area (Å²) in [7, 11) is 0. The predicted octanol–water partition coefficient (Wildman–Crippen LogP) is -1.07. The normalized spacial score (nSPS) is 8.58. The van der Waals surface area contributed by atoms with Gasteiger partial charge in [0.1, 0.15) is 0 Å². The van der Waals surface area contributed by atoms with Crippen molar-refractivity contribution in [2.24, 2.45) is 5.73 Å². The zero-order valence-electron chi connectivity index (χ0n) is 6.50. The molecule has 0 rings (SSSR count). The van der Waals surface area contributed by atoms with Crippen molar-refractivity contribution in [1.82, 2.24) is 5.48 Å². The van der Waals surface area contributed by atoms with E-state index in [4.69, 9.17) is 12.2 Å². The number of rotatable bonds is 5. The number of hydroxylamine groups is 1. The molecule has 0 atom stereocenters. The van der Waals surface area contributed by atoms with E-state index < -0.39 is 5.91 Å². The second-order valence-electron chi connectivity index (χ2n) is 1.98. The fourth-order valence-corrected chi connectivity index (χ4v) is 0.424. The quantitative estimate of drug-likeness (QED) is 0.407. The average Bonchev–Trinajstić information content (AvgIpc) is 2.00. The standard InChI is InChI=1S/C7H10N2O3/c1-2-3-4-7(11)9-12-5-6(8)10/h1H,3-5H2,(H2,8,10)(H,9,11). The van der Waals surface area contributed by atoms with Crippen molar-refractivity contribution >= 4 is 11.8 Å². The van der Waals surface area contributed by atoms with Crippen molar-refractivity contribution in [2.45, 2.75) is 12.8 Å². The van der Waals surface area contributed by atoms with E-state index in [0.29, 0.717) is 6.42 Å². The van der Waals surface area contributed by atoms with E-state index in [1.807, 2.05) is 5.48 Å². The van der Waals surface area contributed by atoms with E-state index in [1.165, 1.54) is 0 Å². The fraction of sp³-hybridized carbons (Fsp3) is 0.429. The van der Waals surface area contributed by atoms with E-state index in [1.54, 1.807) is 0 Å². The SMILES string of the molecule is C#CCCC(=O)NOCC(N)=O. The largest absolute Gasteiger partial charge is 0.368 e. The van der Waals surface area contributed by atoms with Crippen LogP contribution >= 0.6 is 0 Å². The summed E-state index contributed by atoms with van der Waals surface area (Å²) < 4.78 is 0. The lowest BCUT2D eigenvalue weighted by atomic mass is 10.3. The first-order valence-electron chi connectivity index (χ1n) is 3.29. The summed E-state index contributed by atoms with van der Waals surface area (Å²) in [6.07, 6.45) is 5.42. The van der Waals surface area contributed by atoms with Gasteiger partial charge in [-0.3, -0.25) is 14.4 Å². The van der Waals surface area contributed by atoms with Crippen LogP contribution in [0.5, 0.6) is 0 Å². The first-order chi connectivity index (χ1) is 5.66. The van der Waals surface area contributed by atoms with Crippen LogP contribution in [0.3, 0.4) is 0 Å². The van der Waals surface area contributed by atoms with E-state index >= 15 is 0 Å². The number of carbonyl (C=O) groups is 2. The molecule has 2 amide bonds. The smallest absolute Gasteiger partial charge is 0.246 e. The Morgan fingerprint density at radius 2 is 2.25 bits per heavy atom. The van der Waals surface area contributed by atoms with Crippen LogP contribution in [0.1, 0.15) is 12.8 Å². The molecule has 0 saturated carbocycles. The maximum atomic E-state index is 10.7. The molecule has 0 aliphatic rings. The zero-order valence-corrected chi connectivity index (χ0v) is 6.50. The second kappa shape index (κ2) is 6.19. The number of nitrogens with one attached hydrogen (secondary N) is 1. The van der Waals surface area contributed by atoms with Crippen LogP contribution < -0.4 is 11.2 Å². The third-order valence-electron chi connectivity index (χ3n) is 0.897. The van der Waals surface area contributed by atoms with Crippen molar-refractivity contribution in [3.63, 3.8) is 0 Å². The summed E-state index contributed by atoms with van der Waals surface area (Å²) in [5.41, 5.74) is 6.74. The zero-order chi connectivity index (χ0) is 9.40. The third kappa shape index (κ3) is 6.58. The molecule has 0 heterocycles. The molecule has 0 aromatic rings. The Kier molecular flexibility index (Phi) is 5.39. The van der Waals surface area contributed by atoms with Crippen LogP contribution in [-0.2, 0) is 14.4 Å². The van der Waals surface area contributed by atoms with E-state index in [9.17, 15) is 9.59 Å². The van der Waals surface area contributed by atoms with Crippen LogP contribution in [0.4, 0.5) is 0 Å². The summed E-state index contributed by atoms with van der Waals surface area (Å²) in [6.45, 7) is -0.332. The summed E-state index contributed by atoms with van der Waals surface area (Å²) in [4.78, 5) is 25.2. The molecular formula is C7H10N2O3. The van der Waals surface area contributed by atoms with Gasteiger partial charge in [-0.25, -0.2) is 5.48 Å². The molecule has 0 aliphatic carbocycles. The van der Waals surface area contributed by atoms with Gasteiger partial charge in [-0.15, -0.1) is 12.3 Å². The third-order valence-corrected chi connectivity index (χ3v) is 0.897. The molecule has 0 radical (unpaired) electrons. The van der Waals surface area contributed by atoms with Crippen molar-refractivity contribution in [1.29, 1.82) is 0 Å². The van der Waals surface area contributed by atoms with Crippen molar-refractivity contribution < 1.29 is 14.4 Å². The van der Waals surface area contributed by atoms with Crippen LogP contribution in [0.15, 0.2) is 0 Å². The maximum absolute atomic E-state index is 10.7.